The van der Waals surface area contributed by atoms with Gasteiger partial charge >= 0.3 is 6.03 Å². The zero-order valence-electron chi connectivity index (χ0n) is 6.42. The van der Waals surface area contributed by atoms with E-state index in [9.17, 15) is 4.79 Å². The van der Waals surface area contributed by atoms with E-state index >= 15 is 0 Å². The standard InChI is InChI=1S/C6H13N2OP/c1-3-10(2)8-5-4-7-6(8)9/h3-5H2,1-2H3,(H,7,9). The van der Waals surface area contributed by atoms with Crippen LogP contribution in [0.2, 0.25) is 0 Å². The lowest BCUT2D eigenvalue weighted by Gasteiger charge is -2.20. The average molecular weight is 160 g/mol. The minimum absolute atomic E-state index is 0.121. The lowest BCUT2D eigenvalue weighted by molar-refractivity contribution is 0.237. The molecule has 1 rings (SSSR count). The van der Waals surface area contributed by atoms with Crippen molar-refractivity contribution >= 4 is 14.1 Å². The molecule has 4 heteroatoms. The second-order valence-corrected chi connectivity index (χ2v) is 4.76. The maximum absolute atomic E-state index is 11.0. The first-order valence-electron chi connectivity index (χ1n) is 3.52. The molecule has 1 saturated heterocycles. The fourth-order valence-electron chi connectivity index (χ4n) is 0.958. The van der Waals surface area contributed by atoms with E-state index in [0.29, 0.717) is 0 Å². The second-order valence-electron chi connectivity index (χ2n) is 2.33. The predicted octanol–water partition coefficient (Wildman–Crippen LogP) is 1.06. The minimum Gasteiger partial charge on any atom is -0.336 e. The molecule has 0 bridgehead atoms. The summed E-state index contributed by atoms with van der Waals surface area (Å²) < 4.78 is 1.94. The average Bonchev–Trinajstić information content (AvgIpc) is 2.34. The van der Waals surface area contributed by atoms with Crippen LogP contribution in [0.5, 0.6) is 0 Å². The second kappa shape index (κ2) is 3.20. The highest BCUT2D eigenvalue weighted by Gasteiger charge is 2.22. The van der Waals surface area contributed by atoms with Crippen LogP contribution in [0.3, 0.4) is 0 Å². The van der Waals surface area contributed by atoms with Crippen molar-refractivity contribution in [3.8, 4) is 0 Å². The van der Waals surface area contributed by atoms with Crippen molar-refractivity contribution in [3.63, 3.8) is 0 Å². The van der Waals surface area contributed by atoms with E-state index in [4.69, 9.17) is 0 Å². The van der Waals surface area contributed by atoms with Crippen molar-refractivity contribution in [2.24, 2.45) is 0 Å². The summed E-state index contributed by atoms with van der Waals surface area (Å²) in [7, 11) is -0.198. The van der Waals surface area contributed by atoms with Crippen LogP contribution in [0, 0.1) is 0 Å². The highest BCUT2D eigenvalue weighted by molar-refractivity contribution is 7.55. The molecule has 1 N–H and O–H groups in total. The van der Waals surface area contributed by atoms with Gasteiger partial charge in [-0.3, -0.25) is 0 Å². The quantitative estimate of drug-likeness (QED) is 0.602. The third-order valence-electron chi connectivity index (χ3n) is 1.70. The van der Waals surface area contributed by atoms with Crippen LogP contribution >= 0.6 is 8.07 Å². The van der Waals surface area contributed by atoms with Gasteiger partial charge < -0.3 is 9.99 Å². The molecule has 1 atom stereocenters. The molecule has 1 fully saturated rings. The Morgan fingerprint density at radius 1 is 1.80 bits per heavy atom. The van der Waals surface area contributed by atoms with E-state index in [1.807, 2.05) is 4.67 Å². The molecule has 58 valence electrons. The Morgan fingerprint density at radius 2 is 2.50 bits per heavy atom. The van der Waals surface area contributed by atoms with Gasteiger partial charge in [0.15, 0.2) is 0 Å². The Hall–Kier alpha value is -0.300. The van der Waals surface area contributed by atoms with E-state index in [0.717, 1.165) is 19.3 Å². The van der Waals surface area contributed by atoms with E-state index in [2.05, 4.69) is 18.9 Å². The molecule has 0 aromatic heterocycles. The summed E-state index contributed by atoms with van der Waals surface area (Å²) in [6.07, 6.45) is 1.10. The molecular formula is C6H13N2OP. The molecule has 2 amide bonds. The number of hydrogen-bond donors (Lipinski definition) is 1. The van der Waals surface area contributed by atoms with Gasteiger partial charge in [-0.25, -0.2) is 4.79 Å². The summed E-state index contributed by atoms with van der Waals surface area (Å²) in [5.74, 6) is 0. The topological polar surface area (TPSA) is 32.3 Å². The third-order valence-corrected chi connectivity index (χ3v) is 3.83. The summed E-state index contributed by atoms with van der Waals surface area (Å²) in [4.78, 5) is 11.0. The number of nitrogens with zero attached hydrogens (tertiary/aromatic N) is 1. The van der Waals surface area contributed by atoms with Crippen LogP contribution in [-0.2, 0) is 0 Å². The van der Waals surface area contributed by atoms with Gasteiger partial charge in [-0.1, -0.05) is 6.92 Å². The van der Waals surface area contributed by atoms with Gasteiger partial charge in [0, 0.05) is 13.1 Å². The zero-order chi connectivity index (χ0) is 7.56. The van der Waals surface area contributed by atoms with E-state index in [-0.39, 0.29) is 14.1 Å². The summed E-state index contributed by atoms with van der Waals surface area (Å²) >= 11 is 0. The predicted molar refractivity (Wildman–Crippen MR) is 43.5 cm³/mol. The Morgan fingerprint density at radius 3 is 2.90 bits per heavy atom. The summed E-state index contributed by atoms with van der Waals surface area (Å²) in [6, 6.07) is 0.121. The molecule has 0 aromatic carbocycles. The minimum atomic E-state index is -0.198. The molecule has 10 heavy (non-hydrogen) atoms. The van der Waals surface area contributed by atoms with Crippen LogP contribution in [0.15, 0.2) is 0 Å². The fourth-order valence-corrected chi connectivity index (χ4v) is 2.12. The smallest absolute Gasteiger partial charge is 0.320 e. The van der Waals surface area contributed by atoms with Crippen LogP contribution in [0.25, 0.3) is 0 Å². The first kappa shape index (κ1) is 7.80. The van der Waals surface area contributed by atoms with Gasteiger partial charge in [-0.05, 0) is 20.9 Å². The Balaban J connectivity index is 2.46. The molecule has 0 saturated carbocycles. The van der Waals surface area contributed by atoms with Crippen molar-refractivity contribution in [1.29, 1.82) is 0 Å². The first-order valence-corrected chi connectivity index (χ1v) is 5.44. The summed E-state index contributed by atoms with van der Waals surface area (Å²) in [6.45, 7) is 5.98. The molecule has 1 unspecified atom stereocenters. The molecule has 0 spiro atoms. The monoisotopic (exact) mass is 160 g/mol. The molecule has 1 aliphatic heterocycles. The van der Waals surface area contributed by atoms with Crippen molar-refractivity contribution in [2.75, 3.05) is 25.9 Å². The third kappa shape index (κ3) is 1.40. The summed E-state index contributed by atoms with van der Waals surface area (Å²) in [5, 5.41) is 2.79. The Labute approximate surface area is 62.6 Å². The number of carbonyl (C=O) groups excluding carboxylic acids is 1. The molecular weight excluding hydrogens is 147 g/mol. The van der Waals surface area contributed by atoms with Crippen LogP contribution in [0.4, 0.5) is 4.79 Å². The summed E-state index contributed by atoms with van der Waals surface area (Å²) in [5.41, 5.74) is 0. The Bertz CT molecular complexity index is 140. The maximum Gasteiger partial charge on any atom is 0.320 e. The molecule has 3 nitrogen and oxygen atoms in total. The first-order chi connectivity index (χ1) is 4.75. The van der Waals surface area contributed by atoms with Crippen LogP contribution in [0.1, 0.15) is 6.92 Å². The van der Waals surface area contributed by atoms with Gasteiger partial charge in [-0.2, -0.15) is 0 Å². The number of nitrogens with one attached hydrogen (secondary N) is 1. The lowest BCUT2D eigenvalue weighted by Crippen LogP contribution is -2.23. The lowest BCUT2D eigenvalue weighted by atomic mass is 10.7. The van der Waals surface area contributed by atoms with Crippen molar-refractivity contribution in [1.82, 2.24) is 9.99 Å². The highest BCUT2D eigenvalue weighted by atomic mass is 31.1. The number of hydrogen-bond acceptors (Lipinski definition) is 1. The largest absolute Gasteiger partial charge is 0.336 e. The van der Waals surface area contributed by atoms with E-state index in [1.165, 1.54) is 0 Å². The molecule has 0 aliphatic carbocycles. The normalized spacial score (nSPS) is 21.0. The van der Waals surface area contributed by atoms with Crippen molar-refractivity contribution < 1.29 is 4.79 Å². The molecule has 0 radical (unpaired) electrons. The van der Waals surface area contributed by atoms with Crippen molar-refractivity contribution in [2.45, 2.75) is 6.92 Å². The Kier molecular flexibility index (Phi) is 2.50. The van der Waals surface area contributed by atoms with Crippen LogP contribution in [-0.4, -0.2) is 36.6 Å². The molecule has 1 aliphatic rings. The maximum atomic E-state index is 11.0. The number of urea groups is 1. The van der Waals surface area contributed by atoms with Gasteiger partial charge in [0.1, 0.15) is 0 Å². The van der Waals surface area contributed by atoms with Gasteiger partial charge in [0.05, 0.1) is 0 Å². The number of carbonyl (C=O) groups is 1. The number of amides is 2. The fraction of sp³-hybridized carbons (Fsp3) is 0.833. The van der Waals surface area contributed by atoms with Gasteiger partial charge in [0.2, 0.25) is 0 Å². The molecule has 0 aromatic rings. The van der Waals surface area contributed by atoms with E-state index in [1.54, 1.807) is 0 Å². The zero-order valence-corrected chi connectivity index (χ0v) is 7.32. The van der Waals surface area contributed by atoms with E-state index < -0.39 is 0 Å². The van der Waals surface area contributed by atoms with Gasteiger partial charge in [-0.15, -0.1) is 0 Å². The van der Waals surface area contributed by atoms with Gasteiger partial charge in [0.25, 0.3) is 0 Å². The SMILES string of the molecule is CCP(C)N1CCNC1=O. The van der Waals surface area contributed by atoms with Crippen molar-refractivity contribution in [3.05, 3.63) is 0 Å². The highest BCUT2D eigenvalue weighted by Crippen LogP contribution is 2.35. The number of rotatable bonds is 2. The van der Waals surface area contributed by atoms with Crippen LogP contribution < -0.4 is 5.32 Å². The molecule has 1 heterocycles.